The van der Waals surface area contributed by atoms with E-state index in [0.29, 0.717) is 4.74 Å². The van der Waals surface area contributed by atoms with Crippen LogP contribution in [-0.2, 0) is 0 Å². The molecule has 0 bridgehead atoms. The van der Waals surface area contributed by atoms with Crippen LogP contribution in [0.5, 0.6) is 0 Å². The van der Waals surface area contributed by atoms with Crippen LogP contribution in [0, 0.1) is 16.8 Å². The highest BCUT2D eigenvalue weighted by atomic mass is 19.1. The Labute approximate surface area is 87.4 Å². The fourth-order valence-electron chi connectivity index (χ4n) is 0.934. The van der Waals surface area contributed by atoms with Crippen molar-refractivity contribution in [3.05, 3.63) is 40.6 Å². The summed E-state index contributed by atoms with van der Waals surface area (Å²) in [6, 6.07) is 3.00. The Bertz CT molecular complexity index is 394. The van der Waals surface area contributed by atoms with Crippen LogP contribution in [0.15, 0.2) is 18.2 Å². The summed E-state index contributed by atoms with van der Waals surface area (Å²) in [6.45, 7) is 5.06. The number of hydroxylamine groups is 1. The molecular weight excluding hydrogens is 200 g/mol. The van der Waals surface area contributed by atoms with E-state index in [1.807, 2.05) is 0 Å². The molecule has 0 aliphatic heterocycles. The minimum Gasteiger partial charge on any atom is -0.623 e. The standard InChI is InChI=1S/C11H13F2NO/c1-11(2,3)14(15)7-8-6-9(12)4-5-10(8)13/h4-7H,1-3H3. The van der Waals surface area contributed by atoms with Crippen LogP contribution >= 0.6 is 0 Å². The third-order valence-electron chi connectivity index (χ3n) is 1.88. The summed E-state index contributed by atoms with van der Waals surface area (Å²) >= 11 is 0. The van der Waals surface area contributed by atoms with Crippen molar-refractivity contribution in [3.63, 3.8) is 0 Å². The first-order chi connectivity index (χ1) is 6.80. The van der Waals surface area contributed by atoms with Gasteiger partial charge in [0.25, 0.3) is 0 Å². The summed E-state index contributed by atoms with van der Waals surface area (Å²) in [5.41, 5.74) is -0.710. The predicted molar refractivity (Wildman–Crippen MR) is 54.9 cm³/mol. The summed E-state index contributed by atoms with van der Waals surface area (Å²) in [5, 5.41) is 11.5. The van der Waals surface area contributed by atoms with Crippen molar-refractivity contribution in [1.29, 1.82) is 0 Å². The summed E-state index contributed by atoms with van der Waals surface area (Å²) in [5.74, 6) is -1.17. The van der Waals surface area contributed by atoms with Crippen molar-refractivity contribution in [2.45, 2.75) is 26.3 Å². The number of benzene rings is 1. The van der Waals surface area contributed by atoms with Gasteiger partial charge in [-0.25, -0.2) is 13.5 Å². The van der Waals surface area contributed by atoms with Gasteiger partial charge in [-0.1, -0.05) is 0 Å². The van der Waals surface area contributed by atoms with Gasteiger partial charge >= 0.3 is 0 Å². The lowest BCUT2D eigenvalue weighted by molar-refractivity contribution is -0.530. The van der Waals surface area contributed by atoms with E-state index in [1.165, 1.54) is 0 Å². The minimum absolute atomic E-state index is 0.0417. The molecule has 1 aromatic rings. The highest BCUT2D eigenvalue weighted by Crippen LogP contribution is 2.10. The van der Waals surface area contributed by atoms with Crippen molar-refractivity contribution in [3.8, 4) is 0 Å². The van der Waals surface area contributed by atoms with Gasteiger partial charge in [-0.3, -0.25) is 0 Å². The number of hydrogen-bond donors (Lipinski definition) is 0. The molecule has 0 heterocycles. The maximum atomic E-state index is 13.2. The Morgan fingerprint density at radius 1 is 1.27 bits per heavy atom. The molecule has 0 radical (unpaired) electrons. The minimum atomic E-state index is -0.668. The zero-order valence-corrected chi connectivity index (χ0v) is 8.92. The molecule has 0 amide bonds. The number of rotatable bonds is 1. The first-order valence-electron chi connectivity index (χ1n) is 4.57. The summed E-state index contributed by atoms with van der Waals surface area (Å²) in [7, 11) is 0. The first-order valence-corrected chi connectivity index (χ1v) is 4.57. The molecule has 82 valence electrons. The van der Waals surface area contributed by atoms with E-state index in [9.17, 15) is 14.0 Å². The second kappa shape index (κ2) is 3.96. The van der Waals surface area contributed by atoms with E-state index in [1.54, 1.807) is 20.8 Å². The monoisotopic (exact) mass is 213 g/mol. The largest absolute Gasteiger partial charge is 0.623 e. The van der Waals surface area contributed by atoms with Crippen LogP contribution in [0.25, 0.3) is 0 Å². The van der Waals surface area contributed by atoms with Gasteiger partial charge in [0.05, 0.1) is 5.56 Å². The van der Waals surface area contributed by atoms with Gasteiger partial charge in [0.1, 0.15) is 11.6 Å². The van der Waals surface area contributed by atoms with Gasteiger partial charge in [0, 0.05) is 20.8 Å². The normalized spacial score (nSPS) is 13.0. The maximum absolute atomic E-state index is 13.2. The predicted octanol–water partition coefficient (Wildman–Crippen LogP) is 2.69. The maximum Gasteiger partial charge on any atom is 0.185 e. The lowest BCUT2D eigenvalue weighted by Gasteiger charge is -2.18. The Hall–Kier alpha value is -1.45. The van der Waals surface area contributed by atoms with Gasteiger partial charge in [-0.05, 0) is 18.2 Å². The SMILES string of the molecule is CC(C)(C)[N+]([O-])=Cc1cc(F)ccc1F. The summed E-state index contributed by atoms with van der Waals surface area (Å²) < 4.78 is 26.5. The van der Waals surface area contributed by atoms with Gasteiger partial charge < -0.3 is 5.21 Å². The van der Waals surface area contributed by atoms with Crippen LogP contribution in [0.2, 0.25) is 0 Å². The number of hydrogen-bond acceptors (Lipinski definition) is 1. The number of halogens is 2. The van der Waals surface area contributed by atoms with Gasteiger partial charge in [0.15, 0.2) is 11.8 Å². The highest BCUT2D eigenvalue weighted by Gasteiger charge is 2.18. The zero-order valence-electron chi connectivity index (χ0n) is 8.92. The molecule has 0 aliphatic carbocycles. The van der Waals surface area contributed by atoms with Gasteiger partial charge in [0.2, 0.25) is 0 Å². The average Bonchev–Trinajstić information content (AvgIpc) is 2.09. The molecular formula is C11H13F2NO. The molecule has 0 saturated carbocycles. The lowest BCUT2D eigenvalue weighted by atomic mass is 10.1. The molecule has 0 aromatic heterocycles. The fourth-order valence-corrected chi connectivity index (χ4v) is 0.934. The molecule has 1 rings (SSSR count). The summed E-state index contributed by atoms with van der Waals surface area (Å²) in [4.78, 5) is 0. The summed E-state index contributed by atoms with van der Waals surface area (Å²) in [6.07, 6.45) is 1.05. The number of nitrogens with zero attached hydrogens (tertiary/aromatic N) is 1. The Kier molecular flexibility index (Phi) is 3.07. The second-order valence-electron chi connectivity index (χ2n) is 4.29. The molecule has 1 aromatic carbocycles. The first kappa shape index (κ1) is 11.6. The van der Waals surface area contributed by atoms with Gasteiger partial charge in [-0.2, -0.15) is 0 Å². The molecule has 0 fully saturated rings. The third-order valence-corrected chi connectivity index (χ3v) is 1.88. The smallest absolute Gasteiger partial charge is 0.185 e. The molecule has 0 N–H and O–H groups in total. The van der Waals surface area contributed by atoms with Crippen LogP contribution in [0.3, 0.4) is 0 Å². The molecule has 0 unspecified atom stereocenters. The van der Waals surface area contributed by atoms with Crippen molar-refractivity contribution in [1.82, 2.24) is 0 Å². The van der Waals surface area contributed by atoms with Crippen LogP contribution < -0.4 is 0 Å². The molecule has 2 nitrogen and oxygen atoms in total. The molecule has 15 heavy (non-hydrogen) atoms. The van der Waals surface area contributed by atoms with E-state index in [4.69, 9.17) is 0 Å². The van der Waals surface area contributed by atoms with Crippen LogP contribution in [0.4, 0.5) is 8.78 Å². The topological polar surface area (TPSA) is 26.1 Å². The molecule has 0 saturated heterocycles. The zero-order chi connectivity index (χ0) is 11.6. The highest BCUT2D eigenvalue weighted by molar-refractivity contribution is 5.76. The Balaban J connectivity index is 3.13. The van der Waals surface area contributed by atoms with Crippen molar-refractivity contribution in [2.24, 2.45) is 0 Å². The fraction of sp³-hybridized carbons (Fsp3) is 0.364. The lowest BCUT2D eigenvalue weighted by Crippen LogP contribution is -2.29. The van der Waals surface area contributed by atoms with E-state index in [2.05, 4.69) is 0 Å². The Morgan fingerprint density at radius 2 is 1.87 bits per heavy atom. The van der Waals surface area contributed by atoms with E-state index < -0.39 is 17.2 Å². The third kappa shape index (κ3) is 3.01. The second-order valence-corrected chi connectivity index (χ2v) is 4.29. The Morgan fingerprint density at radius 3 is 2.40 bits per heavy atom. The van der Waals surface area contributed by atoms with Gasteiger partial charge in [-0.15, -0.1) is 0 Å². The van der Waals surface area contributed by atoms with E-state index >= 15 is 0 Å². The van der Waals surface area contributed by atoms with Crippen molar-refractivity contribution < 1.29 is 13.5 Å². The quantitative estimate of drug-likeness (QED) is 0.305. The van der Waals surface area contributed by atoms with Crippen molar-refractivity contribution in [2.75, 3.05) is 0 Å². The average molecular weight is 213 g/mol. The molecule has 4 heteroatoms. The van der Waals surface area contributed by atoms with Crippen LogP contribution in [-0.4, -0.2) is 16.5 Å². The molecule has 0 spiro atoms. The van der Waals surface area contributed by atoms with Crippen LogP contribution in [0.1, 0.15) is 26.3 Å². The van der Waals surface area contributed by atoms with E-state index in [-0.39, 0.29) is 5.56 Å². The molecule has 0 aliphatic rings. The van der Waals surface area contributed by atoms with Crippen molar-refractivity contribution >= 4 is 6.21 Å². The van der Waals surface area contributed by atoms with E-state index in [0.717, 1.165) is 24.4 Å². The molecule has 0 atom stereocenters.